The molecule has 1 aliphatic rings. The van der Waals surface area contributed by atoms with Crippen LogP contribution in [0.2, 0.25) is 0 Å². The normalized spacial score (nSPS) is 13.5. The first-order valence-corrected chi connectivity index (χ1v) is 20.1. The van der Waals surface area contributed by atoms with E-state index >= 15 is 0 Å². The van der Waals surface area contributed by atoms with Crippen LogP contribution in [0.15, 0.2) is 103 Å². The van der Waals surface area contributed by atoms with Gasteiger partial charge in [-0.05, 0) is 67.1 Å². The SMILES string of the molecule is CCc1c(Oc2ccc(NC(=O)Nc3cc(C(C)(C)C)nn3-c3ccc(OCCN4CCOCC4)cc3)c3ccccc23)ccnc1Nc1ccc2ncsc2c1. The summed E-state index contributed by atoms with van der Waals surface area (Å²) in [6.07, 6.45) is 2.45. The van der Waals surface area contributed by atoms with Gasteiger partial charge in [0.05, 0.1) is 46.0 Å². The minimum Gasteiger partial charge on any atom is -0.492 e. The van der Waals surface area contributed by atoms with Gasteiger partial charge in [-0.25, -0.2) is 19.4 Å². The van der Waals surface area contributed by atoms with Crippen molar-refractivity contribution in [1.29, 1.82) is 0 Å². The van der Waals surface area contributed by atoms with Crippen LogP contribution in [0.3, 0.4) is 0 Å². The first-order valence-electron chi connectivity index (χ1n) is 19.2. The number of aromatic nitrogens is 4. The number of hydrogen-bond acceptors (Lipinski definition) is 10. The highest BCUT2D eigenvalue weighted by Gasteiger charge is 2.22. The number of fused-ring (bicyclic) bond motifs is 2. The van der Waals surface area contributed by atoms with Crippen LogP contribution >= 0.6 is 11.3 Å². The van der Waals surface area contributed by atoms with Crippen molar-refractivity contribution in [3.05, 3.63) is 114 Å². The van der Waals surface area contributed by atoms with E-state index in [1.807, 2.05) is 90.4 Å². The molecule has 0 atom stereocenters. The number of nitrogens with one attached hydrogen (secondary N) is 3. The van der Waals surface area contributed by atoms with Crippen molar-refractivity contribution in [3.63, 3.8) is 0 Å². The largest absolute Gasteiger partial charge is 0.492 e. The summed E-state index contributed by atoms with van der Waals surface area (Å²) in [4.78, 5) is 25.1. The molecule has 4 heterocycles. The first-order chi connectivity index (χ1) is 27.7. The van der Waals surface area contributed by atoms with Gasteiger partial charge in [0.25, 0.3) is 0 Å². The maximum atomic E-state index is 13.7. The fourth-order valence-corrected chi connectivity index (χ4v) is 7.50. The van der Waals surface area contributed by atoms with Crippen LogP contribution in [-0.4, -0.2) is 70.1 Å². The molecule has 3 aromatic heterocycles. The standard InChI is InChI=1S/C44H46N8O4S/c1-5-32-38(18-19-45-42(32)47-29-10-15-36-39(26-29)57-28-46-36)56-37-17-16-35(33-8-6-7-9-34(33)37)48-43(53)49-41-27-40(44(2,3)4)50-52(41)30-11-13-31(14-12-30)55-25-22-51-20-23-54-24-21-51/h6-19,26-28H,5,20-25H2,1-4H3,(H,45,47)(H2,48,49,53). The molecule has 2 amide bonds. The summed E-state index contributed by atoms with van der Waals surface area (Å²) in [7, 11) is 0. The lowest BCUT2D eigenvalue weighted by molar-refractivity contribution is 0.0322. The second-order valence-corrected chi connectivity index (χ2v) is 15.7. The molecule has 0 bridgehead atoms. The number of thiazole rings is 1. The minimum absolute atomic E-state index is 0.244. The van der Waals surface area contributed by atoms with Gasteiger partial charge in [0.2, 0.25) is 0 Å². The second kappa shape index (κ2) is 16.6. The second-order valence-electron chi connectivity index (χ2n) is 14.9. The average molecular weight is 783 g/mol. The lowest BCUT2D eigenvalue weighted by Crippen LogP contribution is -2.38. The number of carbonyl (C=O) groups is 1. The van der Waals surface area contributed by atoms with E-state index < -0.39 is 6.03 Å². The monoisotopic (exact) mass is 782 g/mol. The Bertz CT molecular complexity index is 2500. The summed E-state index contributed by atoms with van der Waals surface area (Å²) in [5, 5.41) is 16.2. The van der Waals surface area contributed by atoms with Crippen LogP contribution in [0.5, 0.6) is 17.2 Å². The van der Waals surface area contributed by atoms with Crippen molar-refractivity contribution >= 4 is 61.4 Å². The Hall–Kier alpha value is -6.02. The molecule has 0 radical (unpaired) electrons. The van der Waals surface area contributed by atoms with E-state index in [0.717, 1.165) is 88.0 Å². The zero-order valence-electron chi connectivity index (χ0n) is 32.5. The van der Waals surface area contributed by atoms with Gasteiger partial charge in [0.1, 0.15) is 35.5 Å². The maximum absolute atomic E-state index is 13.7. The molecule has 1 aliphatic heterocycles. The highest BCUT2D eigenvalue weighted by atomic mass is 32.1. The molecule has 4 aromatic carbocycles. The third kappa shape index (κ3) is 8.70. The first kappa shape index (κ1) is 37.9. The summed E-state index contributed by atoms with van der Waals surface area (Å²) < 4.78 is 21.0. The van der Waals surface area contributed by atoms with Gasteiger partial charge < -0.3 is 24.8 Å². The topological polar surface area (TPSA) is 128 Å². The fourth-order valence-electron chi connectivity index (χ4n) is 6.78. The molecule has 0 unspecified atom stereocenters. The van der Waals surface area contributed by atoms with Gasteiger partial charge >= 0.3 is 6.03 Å². The number of carbonyl (C=O) groups excluding carboxylic acids is 1. The van der Waals surface area contributed by atoms with Crippen LogP contribution < -0.4 is 25.4 Å². The number of anilines is 4. The number of morpholine rings is 1. The Morgan fingerprint density at radius 3 is 2.49 bits per heavy atom. The number of ether oxygens (including phenoxy) is 3. The summed E-state index contributed by atoms with van der Waals surface area (Å²) in [5.41, 5.74) is 6.74. The highest BCUT2D eigenvalue weighted by Crippen LogP contribution is 2.38. The van der Waals surface area contributed by atoms with E-state index in [-0.39, 0.29) is 5.41 Å². The number of amides is 2. The Morgan fingerprint density at radius 2 is 1.70 bits per heavy atom. The van der Waals surface area contributed by atoms with E-state index in [9.17, 15) is 4.79 Å². The molecule has 12 nitrogen and oxygen atoms in total. The predicted octanol–water partition coefficient (Wildman–Crippen LogP) is 9.78. The van der Waals surface area contributed by atoms with Crippen LogP contribution in [0.1, 0.15) is 39.0 Å². The van der Waals surface area contributed by atoms with Gasteiger partial charge in [0, 0.05) is 59.3 Å². The third-order valence-electron chi connectivity index (χ3n) is 9.89. The van der Waals surface area contributed by atoms with Gasteiger partial charge in [-0.2, -0.15) is 5.10 Å². The molecule has 3 N–H and O–H groups in total. The highest BCUT2D eigenvalue weighted by molar-refractivity contribution is 7.16. The quantitative estimate of drug-likeness (QED) is 0.111. The molecule has 7 aromatic rings. The smallest absolute Gasteiger partial charge is 0.324 e. The van der Waals surface area contributed by atoms with Gasteiger partial charge in [-0.15, -0.1) is 11.3 Å². The van der Waals surface area contributed by atoms with Crippen molar-refractivity contribution in [2.75, 3.05) is 55.4 Å². The molecule has 292 valence electrons. The summed E-state index contributed by atoms with van der Waals surface area (Å²) >= 11 is 1.60. The Kier molecular flexibility index (Phi) is 11.0. The van der Waals surface area contributed by atoms with Gasteiger partial charge in [0.15, 0.2) is 0 Å². The fraction of sp³-hybridized carbons (Fsp3) is 0.273. The third-order valence-corrected chi connectivity index (χ3v) is 10.7. The van der Waals surface area contributed by atoms with Crippen LogP contribution in [-0.2, 0) is 16.6 Å². The predicted molar refractivity (Wildman–Crippen MR) is 228 cm³/mol. The van der Waals surface area contributed by atoms with Crippen molar-refractivity contribution in [1.82, 2.24) is 24.6 Å². The zero-order chi connectivity index (χ0) is 39.4. The van der Waals surface area contributed by atoms with Crippen molar-refractivity contribution in [3.8, 4) is 22.9 Å². The number of hydrogen-bond donors (Lipinski definition) is 3. The molecule has 0 saturated carbocycles. The number of benzene rings is 4. The van der Waals surface area contributed by atoms with E-state index in [4.69, 9.17) is 19.3 Å². The van der Waals surface area contributed by atoms with Crippen LogP contribution in [0, 0.1) is 0 Å². The van der Waals surface area contributed by atoms with E-state index in [2.05, 4.69) is 64.6 Å². The van der Waals surface area contributed by atoms with Gasteiger partial charge in [-0.1, -0.05) is 52.0 Å². The number of urea groups is 1. The lowest BCUT2D eigenvalue weighted by Gasteiger charge is -2.26. The Balaban J connectivity index is 0.987. The van der Waals surface area contributed by atoms with E-state index in [1.165, 1.54) is 0 Å². The molecule has 57 heavy (non-hydrogen) atoms. The van der Waals surface area contributed by atoms with Crippen LogP contribution in [0.25, 0.3) is 26.7 Å². The zero-order valence-corrected chi connectivity index (χ0v) is 33.4. The molecule has 0 spiro atoms. The number of pyridine rings is 1. The van der Waals surface area contributed by atoms with E-state index in [1.54, 1.807) is 22.2 Å². The molecular weight excluding hydrogens is 737 g/mol. The van der Waals surface area contributed by atoms with Gasteiger partial charge in [-0.3, -0.25) is 10.2 Å². The van der Waals surface area contributed by atoms with Crippen LogP contribution in [0.4, 0.5) is 27.8 Å². The average Bonchev–Trinajstić information content (AvgIpc) is 3.87. The molecular formula is C44H46N8O4S. The van der Waals surface area contributed by atoms with Crippen molar-refractivity contribution in [2.24, 2.45) is 0 Å². The number of rotatable bonds is 12. The van der Waals surface area contributed by atoms with Crippen molar-refractivity contribution < 1.29 is 19.0 Å². The maximum Gasteiger partial charge on any atom is 0.324 e. The number of nitrogens with zero attached hydrogens (tertiary/aromatic N) is 5. The van der Waals surface area contributed by atoms with E-state index in [0.29, 0.717) is 36.0 Å². The molecule has 8 rings (SSSR count). The Morgan fingerprint density at radius 1 is 0.895 bits per heavy atom. The minimum atomic E-state index is -0.395. The molecule has 13 heteroatoms. The molecule has 1 fully saturated rings. The Labute approximate surface area is 335 Å². The van der Waals surface area contributed by atoms with Crippen molar-refractivity contribution in [2.45, 2.75) is 39.5 Å². The lowest BCUT2D eigenvalue weighted by atomic mass is 9.92. The summed E-state index contributed by atoms with van der Waals surface area (Å²) in [6, 6.07) is 28.9. The molecule has 1 saturated heterocycles. The summed E-state index contributed by atoms with van der Waals surface area (Å²) in [6.45, 7) is 13.2. The molecule has 0 aliphatic carbocycles. The summed E-state index contributed by atoms with van der Waals surface area (Å²) in [5.74, 6) is 3.42.